The fourth-order valence-electron chi connectivity index (χ4n) is 2.66. The van der Waals surface area contributed by atoms with Crippen LogP contribution in [0.4, 0.5) is 0 Å². The lowest BCUT2D eigenvalue weighted by Crippen LogP contribution is -2.34. The van der Waals surface area contributed by atoms with Crippen LogP contribution in [0.3, 0.4) is 0 Å². The van der Waals surface area contributed by atoms with Crippen molar-refractivity contribution in [1.29, 1.82) is 0 Å². The Morgan fingerprint density at radius 1 is 1.29 bits per heavy atom. The van der Waals surface area contributed by atoms with Crippen LogP contribution in [0.2, 0.25) is 0 Å². The van der Waals surface area contributed by atoms with Crippen LogP contribution >= 0.6 is 11.3 Å². The third-order valence-corrected chi connectivity index (χ3v) is 4.82. The third-order valence-electron chi connectivity index (χ3n) is 4.05. The smallest absolute Gasteiger partial charge is 0.107 e. The molecule has 0 spiro atoms. The molecule has 0 saturated carbocycles. The zero-order valence-corrected chi connectivity index (χ0v) is 13.8. The maximum absolute atomic E-state index is 4.37. The number of piperidine rings is 1. The molecule has 21 heavy (non-hydrogen) atoms. The van der Waals surface area contributed by atoms with Gasteiger partial charge in [0.2, 0.25) is 0 Å². The van der Waals surface area contributed by atoms with Gasteiger partial charge in [0.05, 0.1) is 18.3 Å². The molecule has 1 aliphatic heterocycles. The topological polar surface area (TPSA) is 46.8 Å². The summed E-state index contributed by atoms with van der Waals surface area (Å²) in [6, 6.07) is 0.487. The zero-order chi connectivity index (χ0) is 14.9. The summed E-state index contributed by atoms with van der Waals surface area (Å²) in [6.07, 6.45) is 6.29. The van der Waals surface area contributed by atoms with Gasteiger partial charge in [0.1, 0.15) is 5.01 Å². The summed E-state index contributed by atoms with van der Waals surface area (Å²) < 4.78 is 2.07. The van der Waals surface area contributed by atoms with Gasteiger partial charge in [0, 0.05) is 36.3 Å². The summed E-state index contributed by atoms with van der Waals surface area (Å²) in [5.41, 5.74) is 1.15. The molecule has 0 radical (unpaired) electrons. The first-order valence-electron chi connectivity index (χ1n) is 7.55. The molecular weight excluding hydrogens is 282 g/mol. The molecule has 1 aliphatic rings. The van der Waals surface area contributed by atoms with E-state index in [0.717, 1.165) is 38.2 Å². The molecule has 6 heteroatoms. The maximum atomic E-state index is 4.37. The van der Waals surface area contributed by atoms with Crippen LogP contribution in [0.15, 0.2) is 17.8 Å². The Bertz CT molecular complexity index is 561. The SMILES string of the molecule is CC(C)(C)c1cn(C2CCN(Cc3nccs3)CC2)nn1. The number of hydrogen-bond donors (Lipinski definition) is 0. The Balaban J connectivity index is 1.57. The van der Waals surface area contributed by atoms with Crippen LogP contribution in [0.1, 0.15) is 50.4 Å². The highest BCUT2D eigenvalue weighted by molar-refractivity contribution is 7.09. The monoisotopic (exact) mass is 305 g/mol. The van der Waals surface area contributed by atoms with E-state index in [1.807, 2.05) is 11.6 Å². The number of rotatable bonds is 3. The second-order valence-electron chi connectivity index (χ2n) is 6.77. The standard InChI is InChI=1S/C15H23N5S/c1-15(2,3)13-10-20(18-17-13)12-4-7-19(8-5-12)11-14-16-6-9-21-14/h6,9-10,12H,4-5,7-8,11H2,1-3H3. The second-order valence-corrected chi connectivity index (χ2v) is 7.75. The molecule has 2 aromatic rings. The summed E-state index contributed by atoms with van der Waals surface area (Å²) in [6.45, 7) is 9.73. The van der Waals surface area contributed by atoms with Crippen LogP contribution in [0.5, 0.6) is 0 Å². The van der Waals surface area contributed by atoms with Gasteiger partial charge in [0.15, 0.2) is 0 Å². The van der Waals surface area contributed by atoms with Gasteiger partial charge in [-0.1, -0.05) is 26.0 Å². The van der Waals surface area contributed by atoms with Crippen molar-refractivity contribution < 1.29 is 0 Å². The first-order valence-corrected chi connectivity index (χ1v) is 8.43. The fourth-order valence-corrected chi connectivity index (χ4v) is 3.32. The minimum absolute atomic E-state index is 0.0732. The van der Waals surface area contributed by atoms with Gasteiger partial charge in [-0.25, -0.2) is 9.67 Å². The zero-order valence-electron chi connectivity index (χ0n) is 13.0. The Labute approximate surface area is 130 Å². The number of thiazole rings is 1. The van der Waals surface area contributed by atoms with Crippen molar-refractivity contribution in [2.75, 3.05) is 13.1 Å². The average molecular weight is 305 g/mol. The molecular formula is C15H23N5S. The summed E-state index contributed by atoms with van der Waals surface area (Å²) in [4.78, 5) is 6.85. The summed E-state index contributed by atoms with van der Waals surface area (Å²) in [5.74, 6) is 0. The van der Waals surface area contributed by atoms with Crippen molar-refractivity contribution in [2.45, 2.75) is 51.6 Å². The van der Waals surface area contributed by atoms with Crippen molar-refractivity contribution in [3.63, 3.8) is 0 Å². The van der Waals surface area contributed by atoms with Gasteiger partial charge in [-0.15, -0.1) is 16.4 Å². The van der Waals surface area contributed by atoms with Crippen LogP contribution in [-0.4, -0.2) is 38.0 Å². The van der Waals surface area contributed by atoms with Crippen molar-refractivity contribution in [2.24, 2.45) is 0 Å². The lowest BCUT2D eigenvalue weighted by molar-refractivity contribution is 0.172. The number of aromatic nitrogens is 4. The molecule has 114 valence electrons. The Hall–Kier alpha value is -1.27. The van der Waals surface area contributed by atoms with Crippen molar-refractivity contribution in [3.8, 4) is 0 Å². The van der Waals surface area contributed by atoms with Crippen molar-refractivity contribution >= 4 is 11.3 Å². The van der Waals surface area contributed by atoms with Gasteiger partial charge in [-0.05, 0) is 12.8 Å². The fraction of sp³-hybridized carbons (Fsp3) is 0.667. The number of hydrogen-bond acceptors (Lipinski definition) is 5. The Morgan fingerprint density at radius 3 is 2.62 bits per heavy atom. The van der Waals surface area contributed by atoms with Crippen LogP contribution in [-0.2, 0) is 12.0 Å². The van der Waals surface area contributed by atoms with E-state index >= 15 is 0 Å². The third kappa shape index (κ3) is 3.49. The quantitative estimate of drug-likeness (QED) is 0.875. The molecule has 0 amide bonds. The molecule has 1 fully saturated rings. The normalized spacial score (nSPS) is 18.2. The van der Waals surface area contributed by atoms with Crippen molar-refractivity contribution in [1.82, 2.24) is 24.9 Å². The molecule has 1 saturated heterocycles. The Morgan fingerprint density at radius 2 is 2.05 bits per heavy atom. The number of nitrogens with zero attached hydrogens (tertiary/aromatic N) is 5. The van der Waals surface area contributed by atoms with Crippen LogP contribution in [0.25, 0.3) is 0 Å². The lowest BCUT2D eigenvalue weighted by Gasteiger charge is -2.31. The summed E-state index contributed by atoms with van der Waals surface area (Å²) in [7, 11) is 0. The molecule has 0 aliphatic carbocycles. The van der Waals surface area contributed by atoms with Crippen LogP contribution < -0.4 is 0 Å². The van der Waals surface area contributed by atoms with E-state index in [9.17, 15) is 0 Å². The van der Waals surface area contributed by atoms with Crippen LogP contribution in [0, 0.1) is 0 Å². The van der Waals surface area contributed by atoms with Gasteiger partial charge < -0.3 is 0 Å². The highest BCUT2D eigenvalue weighted by Gasteiger charge is 2.24. The highest BCUT2D eigenvalue weighted by atomic mass is 32.1. The van der Waals surface area contributed by atoms with E-state index in [2.05, 4.69) is 51.8 Å². The van der Waals surface area contributed by atoms with E-state index in [0.29, 0.717) is 6.04 Å². The van der Waals surface area contributed by atoms with Gasteiger partial charge in [-0.2, -0.15) is 0 Å². The predicted octanol–water partition coefficient (Wildman–Crippen LogP) is 2.87. The van der Waals surface area contributed by atoms with E-state index in [4.69, 9.17) is 0 Å². The van der Waals surface area contributed by atoms with Gasteiger partial charge in [0.25, 0.3) is 0 Å². The van der Waals surface area contributed by atoms with Crippen molar-refractivity contribution in [3.05, 3.63) is 28.5 Å². The molecule has 3 heterocycles. The molecule has 3 rings (SSSR count). The second kappa shape index (κ2) is 5.85. The van der Waals surface area contributed by atoms with E-state index in [1.165, 1.54) is 5.01 Å². The maximum Gasteiger partial charge on any atom is 0.107 e. The lowest BCUT2D eigenvalue weighted by atomic mass is 9.93. The molecule has 2 aromatic heterocycles. The molecule has 5 nitrogen and oxygen atoms in total. The summed E-state index contributed by atoms with van der Waals surface area (Å²) in [5, 5.41) is 11.9. The molecule has 0 unspecified atom stereocenters. The molecule has 0 atom stereocenters. The van der Waals surface area contributed by atoms with Gasteiger partial charge in [-0.3, -0.25) is 4.90 Å². The average Bonchev–Trinajstić information content (AvgIpc) is 3.09. The van der Waals surface area contributed by atoms with E-state index in [1.54, 1.807) is 11.3 Å². The van der Waals surface area contributed by atoms with E-state index < -0.39 is 0 Å². The van der Waals surface area contributed by atoms with E-state index in [-0.39, 0.29) is 5.41 Å². The molecule has 0 aromatic carbocycles. The highest BCUT2D eigenvalue weighted by Crippen LogP contribution is 2.25. The first kappa shape index (κ1) is 14.7. The largest absolute Gasteiger partial charge is 0.297 e. The Kier molecular flexibility index (Phi) is 4.08. The predicted molar refractivity (Wildman–Crippen MR) is 84.4 cm³/mol. The minimum Gasteiger partial charge on any atom is -0.297 e. The molecule has 0 N–H and O–H groups in total. The number of likely N-dealkylation sites (tertiary alicyclic amines) is 1. The molecule has 0 bridgehead atoms. The minimum atomic E-state index is 0.0732. The first-order chi connectivity index (χ1) is 10.0. The summed E-state index contributed by atoms with van der Waals surface area (Å²) >= 11 is 1.74. The van der Waals surface area contributed by atoms with Gasteiger partial charge >= 0.3 is 0 Å².